The van der Waals surface area contributed by atoms with Crippen molar-refractivity contribution < 1.29 is 18.9 Å². The second kappa shape index (κ2) is 12.4. The van der Waals surface area contributed by atoms with Crippen molar-refractivity contribution in [3.8, 4) is 0 Å². The van der Waals surface area contributed by atoms with Crippen molar-refractivity contribution in [3.05, 3.63) is 25.3 Å². The van der Waals surface area contributed by atoms with Crippen LogP contribution in [0.5, 0.6) is 0 Å². The summed E-state index contributed by atoms with van der Waals surface area (Å²) in [7, 11) is 1.64. The molecular formula is C12H22O4. The molecule has 0 bridgehead atoms. The van der Waals surface area contributed by atoms with E-state index in [9.17, 15) is 0 Å². The van der Waals surface area contributed by atoms with Gasteiger partial charge >= 0.3 is 0 Å². The van der Waals surface area contributed by atoms with Gasteiger partial charge in [0.05, 0.1) is 39.6 Å². The Morgan fingerprint density at radius 3 is 2.31 bits per heavy atom. The van der Waals surface area contributed by atoms with Gasteiger partial charge in [-0.3, -0.25) is 0 Å². The van der Waals surface area contributed by atoms with E-state index in [0.29, 0.717) is 39.6 Å². The molecule has 0 aliphatic rings. The first kappa shape index (κ1) is 15.3. The van der Waals surface area contributed by atoms with Crippen LogP contribution in [0.3, 0.4) is 0 Å². The number of methoxy groups -OCH3 is 1. The number of ether oxygens (including phenoxy) is 4. The lowest BCUT2D eigenvalue weighted by Gasteiger charge is -2.16. The molecule has 0 aliphatic heterocycles. The van der Waals surface area contributed by atoms with E-state index in [4.69, 9.17) is 18.9 Å². The van der Waals surface area contributed by atoms with Gasteiger partial charge in [-0.05, 0) is 0 Å². The molecule has 1 unspecified atom stereocenters. The van der Waals surface area contributed by atoms with Crippen LogP contribution in [0.15, 0.2) is 25.3 Å². The third-order valence-electron chi connectivity index (χ3n) is 1.71. The van der Waals surface area contributed by atoms with Gasteiger partial charge in [-0.15, -0.1) is 13.2 Å². The molecule has 0 spiro atoms. The molecule has 0 aromatic heterocycles. The van der Waals surface area contributed by atoms with Gasteiger partial charge in [0.1, 0.15) is 6.10 Å². The Labute approximate surface area is 97.8 Å². The molecule has 0 N–H and O–H groups in total. The molecule has 0 rings (SSSR count). The quantitative estimate of drug-likeness (QED) is 0.375. The van der Waals surface area contributed by atoms with Gasteiger partial charge in [-0.25, -0.2) is 0 Å². The van der Waals surface area contributed by atoms with Crippen molar-refractivity contribution in [2.24, 2.45) is 0 Å². The molecule has 0 aliphatic carbocycles. The zero-order valence-corrected chi connectivity index (χ0v) is 10.0. The summed E-state index contributed by atoms with van der Waals surface area (Å²) in [6.45, 7) is 10.3. The first-order valence-electron chi connectivity index (χ1n) is 5.33. The Morgan fingerprint density at radius 2 is 1.69 bits per heavy atom. The van der Waals surface area contributed by atoms with E-state index in [1.807, 2.05) is 0 Å². The molecule has 4 nitrogen and oxygen atoms in total. The van der Waals surface area contributed by atoms with Gasteiger partial charge in [0.15, 0.2) is 0 Å². The molecule has 16 heavy (non-hydrogen) atoms. The summed E-state index contributed by atoms with van der Waals surface area (Å²) in [5, 5.41) is 0. The van der Waals surface area contributed by atoms with Crippen LogP contribution < -0.4 is 0 Å². The maximum Gasteiger partial charge on any atom is 0.104 e. The van der Waals surface area contributed by atoms with Crippen LogP contribution >= 0.6 is 0 Å². The minimum atomic E-state index is -0.0533. The third kappa shape index (κ3) is 9.86. The predicted molar refractivity (Wildman–Crippen MR) is 63.6 cm³/mol. The molecule has 4 heteroatoms. The summed E-state index contributed by atoms with van der Waals surface area (Å²) in [5.74, 6) is 0. The second-order valence-corrected chi connectivity index (χ2v) is 3.14. The van der Waals surface area contributed by atoms with E-state index >= 15 is 0 Å². The highest BCUT2D eigenvalue weighted by atomic mass is 16.6. The molecule has 0 heterocycles. The molecule has 0 saturated carbocycles. The van der Waals surface area contributed by atoms with Crippen LogP contribution in [0.2, 0.25) is 0 Å². The normalized spacial score (nSPS) is 12.3. The Bertz CT molecular complexity index is 170. The lowest BCUT2D eigenvalue weighted by atomic mass is 10.4. The predicted octanol–water partition coefficient (Wildman–Crippen LogP) is 1.42. The fraction of sp³-hybridized carbons (Fsp3) is 0.667. The first-order valence-corrected chi connectivity index (χ1v) is 5.33. The van der Waals surface area contributed by atoms with E-state index in [-0.39, 0.29) is 6.10 Å². The summed E-state index contributed by atoms with van der Waals surface area (Å²) in [5.41, 5.74) is 0. The Balaban J connectivity index is 3.43. The van der Waals surface area contributed by atoms with Crippen LogP contribution in [0.1, 0.15) is 0 Å². The summed E-state index contributed by atoms with van der Waals surface area (Å²) >= 11 is 0. The molecule has 1 atom stereocenters. The molecule has 0 aromatic carbocycles. The molecule has 0 amide bonds. The average molecular weight is 230 g/mol. The molecule has 0 aromatic rings. The third-order valence-corrected chi connectivity index (χ3v) is 1.71. The average Bonchev–Trinajstić information content (AvgIpc) is 2.30. The molecule has 0 radical (unpaired) electrons. The number of hydrogen-bond donors (Lipinski definition) is 0. The van der Waals surface area contributed by atoms with Crippen LogP contribution in [0.25, 0.3) is 0 Å². The summed E-state index contributed by atoms with van der Waals surface area (Å²) in [6.07, 6.45) is 3.36. The van der Waals surface area contributed by atoms with Crippen LogP contribution in [-0.2, 0) is 18.9 Å². The van der Waals surface area contributed by atoms with Crippen LogP contribution in [0.4, 0.5) is 0 Å². The summed E-state index contributed by atoms with van der Waals surface area (Å²) in [6, 6.07) is 0. The van der Waals surface area contributed by atoms with Crippen molar-refractivity contribution in [1.82, 2.24) is 0 Å². The SMILES string of the molecule is C=CCOCCOCC(COC)OCC=C. The van der Waals surface area contributed by atoms with E-state index in [0.717, 1.165) is 0 Å². The Morgan fingerprint density at radius 1 is 1.00 bits per heavy atom. The number of hydrogen-bond acceptors (Lipinski definition) is 4. The zero-order valence-electron chi connectivity index (χ0n) is 10.0. The van der Waals surface area contributed by atoms with E-state index in [2.05, 4.69) is 13.2 Å². The zero-order chi connectivity index (χ0) is 12.1. The van der Waals surface area contributed by atoms with Crippen molar-refractivity contribution >= 4 is 0 Å². The van der Waals surface area contributed by atoms with Gasteiger partial charge in [0, 0.05) is 7.11 Å². The van der Waals surface area contributed by atoms with Crippen molar-refractivity contribution in [2.75, 3.05) is 46.8 Å². The van der Waals surface area contributed by atoms with Crippen LogP contribution in [0, 0.1) is 0 Å². The van der Waals surface area contributed by atoms with E-state index in [1.54, 1.807) is 19.3 Å². The molecule has 0 fully saturated rings. The fourth-order valence-electron chi connectivity index (χ4n) is 1.03. The standard InChI is InChI=1S/C12H22O4/c1-4-6-14-8-9-15-11-12(10-13-3)16-7-5-2/h4-5,12H,1-2,6-11H2,3H3. The summed E-state index contributed by atoms with van der Waals surface area (Å²) in [4.78, 5) is 0. The lowest BCUT2D eigenvalue weighted by Crippen LogP contribution is -2.26. The highest BCUT2D eigenvalue weighted by Gasteiger charge is 2.07. The van der Waals surface area contributed by atoms with Crippen LogP contribution in [-0.4, -0.2) is 52.9 Å². The Hall–Kier alpha value is -0.680. The van der Waals surface area contributed by atoms with Gasteiger partial charge in [-0.1, -0.05) is 12.2 Å². The second-order valence-electron chi connectivity index (χ2n) is 3.14. The minimum absolute atomic E-state index is 0.0533. The van der Waals surface area contributed by atoms with Crippen molar-refractivity contribution in [2.45, 2.75) is 6.10 Å². The fourth-order valence-corrected chi connectivity index (χ4v) is 1.03. The largest absolute Gasteiger partial charge is 0.382 e. The van der Waals surface area contributed by atoms with Gasteiger partial charge < -0.3 is 18.9 Å². The van der Waals surface area contributed by atoms with E-state index in [1.165, 1.54) is 0 Å². The maximum absolute atomic E-state index is 5.43. The smallest absolute Gasteiger partial charge is 0.104 e. The molecule has 94 valence electrons. The topological polar surface area (TPSA) is 36.9 Å². The minimum Gasteiger partial charge on any atom is -0.382 e. The van der Waals surface area contributed by atoms with Gasteiger partial charge in [0.25, 0.3) is 0 Å². The molecular weight excluding hydrogens is 208 g/mol. The molecule has 0 saturated heterocycles. The Kier molecular flexibility index (Phi) is 11.9. The van der Waals surface area contributed by atoms with Gasteiger partial charge in [0.2, 0.25) is 0 Å². The summed E-state index contributed by atoms with van der Waals surface area (Å²) < 4.78 is 21.0. The highest BCUT2D eigenvalue weighted by molar-refractivity contribution is 4.67. The van der Waals surface area contributed by atoms with E-state index < -0.39 is 0 Å². The highest BCUT2D eigenvalue weighted by Crippen LogP contribution is 1.95. The monoisotopic (exact) mass is 230 g/mol. The maximum atomic E-state index is 5.43. The first-order chi connectivity index (χ1) is 7.85. The van der Waals surface area contributed by atoms with Crippen molar-refractivity contribution in [1.29, 1.82) is 0 Å². The van der Waals surface area contributed by atoms with Crippen molar-refractivity contribution in [3.63, 3.8) is 0 Å². The lowest BCUT2D eigenvalue weighted by molar-refractivity contribution is -0.0505. The van der Waals surface area contributed by atoms with Gasteiger partial charge in [-0.2, -0.15) is 0 Å². The number of rotatable bonds is 12.